The van der Waals surface area contributed by atoms with Crippen LogP contribution in [-0.2, 0) is 4.74 Å². The number of pyridine rings is 1. The predicted molar refractivity (Wildman–Crippen MR) is 88.9 cm³/mol. The summed E-state index contributed by atoms with van der Waals surface area (Å²) in [6.07, 6.45) is 1.03. The number of nitro groups is 1. The summed E-state index contributed by atoms with van der Waals surface area (Å²) in [5.74, 6) is 0.0321. The van der Waals surface area contributed by atoms with Crippen LogP contribution in [0.4, 0.5) is 16.3 Å². The molecule has 3 rings (SSSR count). The average Bonchev–Trinajstić information content (AvgIpc) is 2.61. The van der Waals surface area contributed by atoms with Crippen molar-refractivity contribution >= 4 is 23.2 Å². The van der Waals surface area contributed by atoms with Crippen LogP contribution in [0.15, 0.2) is 29.2 Å². The van der Waals surface area contributed by atoms with Gasteiger partial charge in [-0.1, -0.05) is 6.07 Å². The second kappa shape index (κ2) is 6.75. The second-order valence-electron chi connectivity index (χ2n) is 5.45. The van der Waals surface area contributed by atoms with E-state index in [1.165, 1.54) is 11.1 Å². The molecule has 0 radical (unpaired) electrons. The standard InChI is InChI=1S/C15H17N5O5/c1-2-25-15(22)18-9-7-17(8-10-18)13-12(20(23)24)14(21)19-6-4-3-5-11(19)16-13/h3-6H,2,7-10H2,1H3. The molecule has 1 amide bonds. The molecule has 0 aromatic carbocycles. The van der Waals surface area contributed by atoms with Crippen LogP contribution in [0.25, 0.3) is 5.65 Å². The normalized spacial score (nSPS) is 14.6. The molecule has 1 aliphatic rings. The highest BCUT2D eigenvalue weighted by molar-refractivity contribution is 5.68. The number of carbonyl (C=O) groups excluding carboxylic acids is 1. The van der Waals surface area contributed by atoms with Crippen LogP contribution in [0.5, 0.6) is 0 Å². The lowest BCUT2D eigenvalue weighted by molar-refractivity contribution is -0.385. The summed E-state index contributed by atoms with van der Waals surface area (Å²) in [5, 5.41) is 11.4. The van der Waals surface area contributed by atoms with E-state index in [0.717, 1.165) is 4.40 Å². The molecule has 3 heterocycles. The van der Waals surface area contributed by atoms with E-state index in [1.807, 2.05) is 0 Å². The molecule has 0 aliphatic carbocycles. The van der Waals surface area contributed by atoms with Crippen LogP contribution in [0.2, 0.25) is 0 Å². The van der Waals surface area contributed by atoms with Gasteiger partial charge in [0.1, 0.15) is 5.65 Å². The van der Waals surface area contributed by atoms with Gasteiger partial charge in [0.25, 0.3) is 0 Å². The van der Waals surface area contributed by atoms with Crippen molar-refractivity contribution in [3.8, 4) is 0 Å². The number of hydrogen-bond donors (Lipinski definition) is 0. The van der Waals surface area contributed by atoms with Gasteiger partial charge in [-0.05, 0) is 19.1 Å². The first-order chi connectivity index (χ1) is 12.0. The van der Waals surface area contributed by atoms with Gasteiger partial charge in [0, 0.05) is 32.4 Å². The van der Waals surface area contributed by atoms with Crippen LogP contribution in [0, 0.1) is 10.1 Å². The number of piperazine rings is 1. The first-order valence-electron chi connectivity index (χ1n) is 7.85. The third-order valence-corrected chi connectivity index (χ3v) is 3.98. The highest BCUT2D eigenvalue weighted by atomic mass is 16.6. The number of amides is 1. The number of anilines is 1. The van der Waals surface area contributed by atoms with Gasteiger partial charge in [-0.2, -0.15) is 0 Å². The van der Waals surface area contributed by atoms with Gasteiger partial charge in [0.05, 0.1) is 11.5 Å². The van der Waals surface area contributed by atoms with E-state index in [1.54, 1.807) is 30.0 Å². The molecule has 0 unspecified atom stereocenters. The summed E-state index contributed by atoms with van der Waals surface area (Å²) in [4.78, 5) is 42.4. The molecule has 1 aliphatic heterocycles. The topological polar surface area (TPSA) is 110 Å². The van der Waals surface area contributed by atoms with Crippen molar-refractivity contribution in [1.29, 1.82) is 0 Å². The molecular weight excluding hydrogens is 330 g/mol. The van der Waals surface area contributed by atoms with Gasteiger partial charge < -0.3 is 14.5 Å². The summed E-state index contributed by atoms with van der Waals surface area (Å²) < 4.78 is 6.10. The van der Waals surface area contributed by atoms with E-state index in [0.29, 0.717) is 31.8 Å². The summed E-state index contributed by atoms with van der Waals surface area (Å²) in [6.45, 7) is 3.35. The molecule has 10 heteroatoms. The number of carbonyl (C=O) groups is 1. The van der Waals surface area contributed by atoms with Crippen molar-refractivity contribution in [2.24, 2.45) is 0 Å². The molecule has 0 spiro atoms. The fraction of sp³-hybridized carbons (Fsp3) is 0.400. The maximum atomic E-state index is 12.5. The number of fused-ring (bicyclic) bond motifs is 1. The first kappa shape index (κ1) is 16.7. The number of rotatable bonds is 3. The molecule has 0 saturated carbocycles. The third kappa shape index (κ3) is 3.10. The fourth-order valence-electron chi connectivity index (χ4n) is 2.76. The molecule has 10 nitrogen and oxygen atoms in total. The van der Waals surface area contributed by atoms with Gasteiger partial charge >= 0.3 is 17.3 Å². The van der Waals surface area contributed by atoms with Crippen LogP contribution < -0.4 is 10.5 Å². The lowest BCUT2D eigenvalue weighted by Crippen LogP contribution is -2.49. The Kier molecular flexibility index (Phi) is 4.50. The Morgan fingerprint density at radius 1 is 1.32 bits per heavy atom. The van der Waals surface area contributed by atoms with E-state index in [2.05, 4.69) is 4.98 Å². The molecule has 0 bridgehead atoms. The molecule has 0 N–H and O–H groups in total. The fourth-order valence-corrected chi connectivity index (χ4v) is 2.76. The van der Waals surface area contributed by atoms with E-state index in [4.69, 9.17) is 4.74 Å². The Labute approximate surface area is 142 Å². The molecule has 2 aromatic heterocycles. The summed E-state index contributed by atoms with van der Waals surface area (Å²) in [6, 6.07) is 4.93. The average molecular weight is 347 g/mol. The van der Waals surface area contributed by atoms with Gasteiger partial charge in [0.15, 0.2) is 0 Å². The lowest BCUT2D eigenvalue weighted by Gasteiger charge is -2.34. The minimum atomic E-state index is -0.724. The lowest BCUT2D eigenvalue weighted by atomic mass is 10.3. The van der Waals surface area contributed by atoms with E-state index in [-0.39, 0.29) is 12.4 Å². The maximum absolute atomic E-state index is 12.5. The van der Waals surface area contributed by atoms with Gasteiger partial charge in [0.2, 0.25) is 5.82 Å². The van der Waals surface area contributed by atoms with Gasteiger partial charge in [-0.3, -0.25) is 19.3 Å². The van der Waals surface area contributed by atoms with Crippen molar-refractivity contribution < 1.29 is 14.5 Å². The minimum absolute atomic E-state index is 0.0321. The van der Waals surface area contributed by atoms with E-state index in [9.17, 15) is 19.7 Å². The second-order valence-corrected chi connectivity index (χ2v) is 5.45. The Hall–Kier alpha value is -3.17. The zero-order chi connectivity index (χ0) is 18.0. The summed E-state index contributed by atoms with van der Waals surface area (Å²) in [5.41, 5.74) is -0.951. The van der Waals surface area contributed by atoms with Crippen molar-refractivity contribution in [2.75, 3.05) is 37.7 Å². The van der Waals surface area contributed by atoms with Crippen LogP contribution in [0.1, 0.15) is 6.92 Å². The highest BCUT2D eigenvalue weighted by Crippen LogP contribution is 2.24. The number of hydrogen-bond acceptors (Lipinski definition) is 7. The number of aromatic nitrogens is 2. The summed E-state index contributed by atoms with van der Waals surface area (Å²) >= 11 is 0. The van der Waals surface area contributed by atoms with Crippen molar-refractivity contribution in [3.63, 3.8) is 0 Å². The smallest absolute Gasteiger partial charge is 0.409 e. The van der Waals surface area contributed by atoms with Gasteiger partial charge in [-0.25, -0.2) is 9.78 Å². The first-order valence-corrected chi connectivity index (χ1v) is 7.85. The SMILES string of the molecule is CCOC(=O)N1CCN(c2nc3ccccn3c(=O)c2[N+](=O)[O-])CC1. The molecule has 1 saturated heterocycles. The Balaban J connectivity index is 1.94. The van der Waals surface area contributed by atoms with Crippen molar-refractivity contribution in [2.45, 2.75) is 6.92 Å². The van der Waals surface area contributed by atoms with Crippen LogP contribution in [0.3, 0.4) is 0 Å². The Bertz CT molecular complexity index is 872. The largest absolute Gasteiger partial charge is 0.450 e. The molecule has 132 valence electrons. The summed E-state index contributed by atoms with van der Waals surface area (Å²) in [7, 11) is 0. The Morgan fingerprint density at radius 3 is 2.68 bits per heavy atom. The van der Waals surface area contributed by atoms with E-state index < -0.39 is 22.3 Å². The number of nitrogens with zero attached hydrogens (tertiary/aromatic N) is 5. The quantitative estimate of drug-likeness (QED) is 0.598. The van der Waals surface area contributed by atoms with Crippen LogP contribution in [-0.4, -0.2) is 58.1 Å². The van der Waals surface area contributed by atoms with Crippen LogP contribution >= 0.6 is 0 Å². The highest BCUT2D eigenvalue weighted by Gasteiger charge is 2.31. The Morgan fingerprint density at radius 2 is 2.04 bits per heavy atom. The van der Waals surface area contributed by atoms with Crippen molar-refractivity contribution in [3.05, 3.63) is 44.9 Å². The zero-order valence-corrected chi connectivity index (χ0v) is 13.6. The zero-order valence-electron chi connectivity index (χ0n) is 13.6. The molecule has 2 aromatic rings. The minimum Gasteiger partial charge on any atom is -0.450 e. The number of ether oxygens (including phenoxy) is 1. The molecule has 1 fully saturated rings. The molecule has 25 heavy (non-hydrogen) atoms. The maximum Gasteiger partial charge on any atom is 0.409 e. The molecule has 0 atom stereocenters. The predicted octanol–water partition coefficient (Wildman–Crippen LogP) is 0.881. The van der Waals surface area contributed by atoms with Crippen molar-refractivity contribution in [1.82, 2.24) is 14.3 Å². The molecular formula is C15H17N5O5. The van der Waals surface area contributed by atoms with E-state index >= 15 is 0 Å². The van der Waals surface area contributed by atoms with Gasteiger partial charge in [-0.15, -0.1) is 0 Å². The third-order valence-electron chi connectivity index (χ3n) is 3.98. The monoisotopic (exact) mass is 347 g/mol.